The molecular weight excluding hydrogens is 364 g/mol. The molecule has 2 rings (SSSR count). The van der Waals surface area contributed by atoms with Gasteiger partial charge in [0.25, 0.3) is 11.8 Å². The first-order chi connectivity index (χ1) is 14.0. The van der Waals surface area contributed by atoms with E-state index in [1.165, 1.54) is 0 Å². The summed E-state index contributed by atoms with van der Waals surface area (Å²) >= 11 is 0. The van der Waals surface area contributed by atoms with Gasteiger partial charge >= 0.3 is 0 Å². The van der Waals surface area contributed by atoms with Crippen molar-refractivity contribution in [1.29, 1.82) is 0 Å². The maximum atomic E-state index is 12.3. The van der Waals surface area contributed by atoms with Crippen LogP contribution in [0.5, 0.6) is 0 Å². The summed E-state index contributed by atoms with van der Waals surface area (Å²) in [6.45, 7) is 10.3. The predicted octanol–water partition coefficient (Wildman–Crippen LogP) is 3.28. The van der Waals surface area contributed by atoms with Gasteiger partial charge in [0.2, 0.25) is 0 Å². The van der Waals surface area contributed by atoms with Gasteiger partial charge in [-0.1, -0.05) is 44.2 Å². The number of nitrogens with one attached hydrogen (secondary N) is 3. The van der Waals surface area contributed by atoms with Gasteiger partial charge in [-0.25, -0.2) is 0 Å². The molecule has 1 atom stereocenters. The second-order valence-corrected chi connectivity index (χ2v) is 7.23. The zero-order chi connectivity index (χ0) is 21.2. The number of nitrogens with zero attached hydrogens (tertiary/aromatic N) is 1. The summed E-state index contributed by atoms with van der Waals surface area (Å²) in [6.07, 6.45) is 0. The first-order valence-corrected chi connectivity index (χ1v) is 10.2. The Morgan fingerprint density at radius 2 is 1.52 bits per heavy atom. The fraction of sp³-hybridized carbons (Fsp3) is 0.391. The standard InChI is InChI=1S/C23H32N4O2/c1-5-27(6-2)20-14-12-19(13-15-20)23(29)26-25-21(28)16-24-22(17(3)4)18-10-8-7-9-11-18/h7-15,17,22,24H,5-6,16H2,1-4H3,(H,25,28)(H,26,29)/t22-/m0/s1. The van der Waals surface area contributed by atoms with Crippen LogP contribution in [0.4, 0.5) is 5.69 Å². The lowest BCUT2D eigenvalue weighted by atomic mass is 9.96. The third-order valence-electron chi connectivity index (χ3n) is 4.88. The van der Waals surface area contributed by atoms with Crippen LogP contribution in [0.2, 0.25) is 0 Å². The van der Waals surface area contributed by atoms with E-state index in [-0.39, 0.29) is 24.4 Å². The lowest BCUT2D eigenvalue weighted by Crippen LogP contribution is -2.46. The molecule has 0 bridgehead atoms. The molecule has 6 nitrogen and oxygen atoms in total. The van der Waals surface area contributed by atoms with E-state index in [1.54, 1.807) is 12.1 Å². The normalized spacial score (nSPS) is 11.8. The number of hydrogen-bond donors (Lipinski definition) is 3. The molecule has 0 aromatic heterocycles. The first kappa shape index (κ1) is 22.4. The molecular formula is C23H32N4O2. The number of hydrazine groups is 1. The second-order valence-electron chi connectivity index (χ2n) is 7.23. The summed E-state index contributed by atoms with van der Waals surface area (Å²) in [7, 11) is 0. The van der Waals surface area contributed by atoms with Crippen molar-refractivity contribution in [2.24, 2.45) is 5.92 Å². The molecule has 0 saturated heterocycles. The largest absolute Gasteiger partial charge is 0.372 e. The summed E-state index contributed by atoms with van der Waals surface area (Å²) in [5, 5.41) is 3.26. The van der Waals surface area contributed by atoms with Crippen molar-refractivity contribution in [2.45, 2.75) is 33.7 Å². The van der Waals surface area contributed by atoms with E-state index >= 15 is 0 Å². The lowest BCUT2D eigenvalue weighted by Gasteiger charge is -2.23. The fourth-order valence-electron chi connectivity index (χ4n) is 3.26. The van der Waals surface area contributed by atoms with E-state index in [2.05, 4.69) is 48.8 Å². The van der Waals surface area contributed by atoms with Crippen molar-refractivity contribution < 1.29 is 9.59 Å². The van der Waals surface area contributed by atoms with Crippen molar-refractivity contribution in [3.63, 3.8) is 0 Å². The molecule has 2 amide bonds. The van der Waals surface area contributed by atoms with Gasteiger partial charge in [0.1, 0.15) is 0 Å². The number of amides is 2. The first-order valence-electron chi connectivity index (χ1n) is 10.2. The number of rotatable bonds is 9. The smallest absolute Gasteiger partial charge is 0.269 e. The highest BCUT2D eigenvalue weighted by Gasteiger charge is 2.16. The van der Waals surface area contributed by atoms with Crippen LogP contribution in [0.25, 0.3) is 0 Å². The molecule has 0 heterocycles. The van der Waals surface area contributed by atoms with Gasteiger partial charge in [-0.3, -0.25) is 20.4 Å². The van der Waals surface area contributed by atoms with Gasteiger partial charge < -0.3 is 10.2 Å². The van der Waals surface area contributed by atoms with E-state index in [1.807, 2.05) is 42.5 Å². The third kappa shape index (κ3) is 6.61. The van der Waals surface area contributed by atoms with Crippen molar-refractivity contribution in [3.05, 3.63) is 65.7 Å². The summed E-state index contributed by atoms with van der Waals surface area (Å²) < 4.78 is 0. The molecule has 156 valence electrons. The molecule has 0 saturated carbocycles. The van der Waals surface area contributed by atoms with Crippen LogP contribution in [0, 0.1) is 5.92 Å². The Labute approximate surface area is 173 Å². The summed E-state index contributed by atoms with van der Waals surface area (Å²) in [4.78, 5) is 26.6. The number of carbonyl (C=O) groups is 2. The highest BCUT2D eigenvalue weighted by Crippen LogP contribution is 2.20. The summed E-state index contributed by atoms with van der Waals surface area (Å²) in [5.74, 6) is -0.309. The molecule has 0 radical (unpaired) electrons. The summed E-state index contributed by atoms with van der Waals surface area (Å²) in [5.41, 5.74) is 7.65. The van der Waals surface area contributed by atoms with Crippen LogP contribution in [0.15, 0.2) is 54.6 Å². The highest BCUT2D eigenvalue weighted by atomic mass is 16.2. The molecule has 0 aliphatic heterocycles. The molecule has 0 spiro atoms. The Balaban J connectivity index is 1.84. The van der Waals surface area contributed by atoms with Crippen LogP contribution >= 0.6 is 0 Å². The van der Waals surface area contributed by atoms with E-state index in [4.69, 9.17) is 0 Å². The highest BCUT2D eigenvalue weighted by molar-refractivity contribution is 5.95. The zero-order valence-electron chi connectivity index (χ0n) is 17.7. The van der Waals surface area contributed by atoms with Crippen LogP contribution in [-0.4, -0.2) is 31.4 Å². The monoisotopic (exact) mass is 396 g/mol. The van der Waals surface area contributed by atoms with Crippen LogP contribution in [0.1, 0.15) is 49.7 Å². The van der Waals surface area contributed by atoms with Crippen molar-refractivity contribution in [1.82, 2.24) is 16.2 Å². The molecule has 0 fully saturated rings. The minimum atomic E-state index is -0.340. The van der Waals surface area contributed by atoms with E-state index < -0.39 is 0 Å². The summed E-state index contributed by atoms with van der Waals surface area (Å²) in [6, 6.07) is 17.4. The van der Waals surface area contributed by atoms with E-state index in [9.17, 15) is 9.59 Å². The van der Waals surface area contributed by atoms with Gasteiger partial charge in [-0.2, -0.15) is 0 Å². The van der Waals surface area contributed by atoms with Crippen LogP contribution < -0.4 is 21.1 Å². The minimum absolute atomic E-state index is 0.0604. The molecule has 6 heteroatoms. The van der Waals surface area contributed by atoms with Gasteiger partial charge in [-0.15, -0.1) is 0 Å². The molecule has 0 aliphatic carbocycles. The zero-order valence-corrected chi connectivity index (χ0v) is 17.7. The Morgan fingerprint density at radius 3 is 2.07 bits per heavy atom. The Kier molecular flexibility index (Phi) is 8.68. The average molecular weight is 397 g/mol. The molecule has 3 N–H and O–H groups in total. The van der Waals surface area contributed by atoms with Gasteiger partial charge in [0, 0.05) is 30.4 Å². The SMILES string of the molecule is CCN(CC)c1ccc(C(=O)NNC(=O)CN[C@H](c2ccccc2)C(C)C)cc1. The van der Waals surface area contributed by atoms with E-state index in [0.29, 0.717) is 11.5 Å². The number of benzene rings is 2. The number of hydrogen-bond acceptors (Lipinski definition) is 4. The van der Waals surface area contributed by atoms with Crippen LogP contribution in [0.3, 0.4) is 0 Å². The second kappa shape index (κ2) is 11.2. The lowest BCUT2D eigenvalue weighted by molar-refractivity contribution is -0.121. The maximum Gasteiger partial charge on any atom is 0.269 e. The fourth-order valence-corrected chi connectivity index (χ4v) is 3.26. The maximum absolute atomic E-state index is 12.3. The topological polar surface area (TPSA) is 73.5 Å². The van der Waals surface area contributed by atoms with E-state index in [0.717, 1.165) is 24.3 Å². The molecule has 2 aromatic rings. The van der Waals surface area contributed by atoms with Crippen molar-refractivity contribution >= 4 is 17.5 Å². The quantitative estimate of drug-likeness (QED) is 0.569. The molecule has 0 aliphatic rings. The third-order valence-corrected chi connectivity index (χ3v) is 4.88. The average Bonchev–Trinajstić information content (AvgIpc) is 2.74. The van der Waals surface area contributed by atoms with Crippen molar-refractivity contribution in [2.75, 3.05) is 24.5 Å². The number of carbonyl (C=O) groups excluding carboxylic acids is 2. The Morgan fingerprint density at radius 1 is 0.897 bits per heavy atom. The van der Waals surface area contributed by atoms with Gasteiger partial charge in [0.15, 0.2) is 0 Å². The predicted molar refractivity (Wildman–Crippen MR) is 118 cm³/mol. The Bertz CT molecular complexity index is 771. The molecule has 29 heavy (non-hydrogen) atoms. The minimum Gasteiger partial charge on any atom is -0.372 e. The van der Waals surface area contributed by atoms with Gasteiger partial charge in [-0.05, 0) is 49.6 Å². The van der Waals surface area contributed by atoms with Crippen molar-refractivity contribution in [3.8, 4) is 0 Å². The number of anilines is 1. The molecule has 2 aromatic carbocycles. The van der Waals surface area contributed by atoms with Crippen LogP contribution in [-0.2, 0) is 4.79 Å². The Hall–Kier alpha value is -2.86. The van der Waals surface area contributed by atoms with Gasteiger partial charge in [0.05, 0.1) is 6.54 Å². The molecule has 0 unspecified atom stereocenters.